The Morgan fingerprint density at radius 2 is 1.78 bits per heavy atom. The monoisotopic (exact) mass is 377 g/mol. The number of aromatic nitrogens is 3. The van der Waals surface area contributed by atoms with Gasteiger partial charge in [-0.15, -0.1) is 11.8 Å². The lowest BCUT2D eigenvalue weighted by molar-refractivity contribution is 0.744. The van der Waals surface area contributed by atoms with Gasteiger partial charge in [0, 0.05) is 35.0 Å². The van der Waals surface area contributed by atoms with Crippen LogP contribution in [0.15, 0.2) is 59.8 Å². The fourth-order valence-corrected chi connectivity index (χ4v) is 3.94. The second kappa shape index (κ2) is 8.39. The highest BCUT2D eigenvalue weighted by atomic mass is 32.2. The van der Waals surface area contributed by atoms with Gasteiger partial charge < -0.3 is 10.6 Å². The zero-order valence-corrected chi connectivity index (χ0v) is 16.2. The molecular formula is C21H23N5S. The Morgan fingerprint density at radius 1 is 1.00 bits per heavy atom. The van der Waals surface area contributed by atoms with Crippen LogP contribution in [0.4, 0.5) is 17.5 Å². The molecule has 4 rings (SSSR count). The van der Waals surface area contributed by atoms with E-state index in [-0.39, 0.29) is 0 Å². The van der Waals surface area contributed by atoms with Crippen LogP contribution in [-0.4, -0.2) is 27.2 Å². The van der Waals surface area contributed by atoms with Crippen LogP contribution in [-0.2, 0) is 0 Å². The summed E-state index contributed by atoms with van der Waals surface area (Å²) in [5.41, 5.74) is 2.97. The van der Waals surface area contributed by atoms with Gasteiger partial charge in [-0.25, -0.2) is 4.98 Å². The highest BCUT2D eigenvalue weighted by Crippen LogP contribution is 2.30. The maximum atomic E-state index is 4.76. The van der Waals surface area contributed by atoms with Crippen LogP contribution < -0.4 is 10.6 Å². The van der Waals surface area contributed by atoms with E-state index in [4.69, 9.17) is 9.97 Å². The molecule has 1 fully saturated rings. The molecule has 138 valence electrons. The minimum atomic E-state index is 0.462. The Bertz CT molecular complexity index is 894. The third kappa shape index (κ3) is 4.39. The van der Waals surface area contributed by atoms with Crippen molar-refractivity contribution >= 4 is 29.2 Å². The fraction of sp³-hybridized carbons (Fsp3) is 0.286. The van der Waals surface area contributed by atoms with Crippen LogP contribution in [0.2, 0.25) is 0 Å². The molecule has 0 atom stereocenters. The van der Waals surface area contributed by atoms with E-state index in [0.29, 0.717) is 12.0 Å². The lowest BCUT2D eigenvalue weighted by Gasteiger charge is -2.15. The number of pyridine rings is 1. The van der Waals surface area contributed by atoms with Gasteiger partial charge in [0.1, 0.15) is 5.82 Å². The van der Waals surface area contributed by atoms with Crippen molar-refractivity contribution in [2.45, 2.75) is 36.6 Å². The molecule has 0 amide bonds. The van der Waals surface area contributed by atoms with Gasteiger partial charge in [0.05, 0.1) is 11.4 Å². The number of hydrogen-bond acceptors (Lipinski definition) is 6. The minimum absolute atomic E-state index is 0.462. The first-order chi connectivity index (χ1) is 13.3. The largest absolute Gasteiger partial charge is 0.351 e. The molecule has 2 aromatic heterocycles. The summed E-state index contributed by atoms with van der Waals surface area (Å²) in [6.45, 7) is 0. The van der Waals surface area contributed by atoms with Crippen molar-refractivity contribution in [3.05, 3.63) is 54.9 Å². The van der Waals surface area contributed by atoms with Gasteiger partial charge in [-0.05, 0) is 43.4 Å². The number of anilines is 3. The summed E-state index contributed by atoms with van der Waals surface area (Å²) in [5, 5.41) is 6.99. The summed E-state index contributed by atoms with van der Waals surface area (Å²) in [6, 6.07) is 14.7. The molecule has 3 aromatic rings. The Labute approximate surface area is 164 Å². The number of thioether (sulfide) groups is 1. The molecule has 1 aliphatic carbocycles. The number of nitrogens with one attached hydrogen (secondary N) is 2. The zero-order chi connectivity index (χ0) is 18.5. The average Bonchev–Trinajstić information content (AvgIpc) is 3.22. The molecule has 0 unspecified atom stereocenters. The number of hydrogen-bond donors (Lipinski definition) is 2. The molecule has 2 heterocycles. The summed E-state index contributed by atoms with van der Waals surface area (Å²) < 4.78 is 0. The summed E-state index contributed by atoms with van der Waals surface area (Å²) in [6.07, 6.45) is 10.6. The Balaban J connectivity index is 1.68. The summed E-state index contributed by atoms with van der Waals surface area (Å²) in [5.74, 6) is 1.47. The highest BCUT2D eigenvalue weighted by Gasteiger charge is 2.17. The normalized spacial score (nSPS) is 14.3. The van der Waals surface area contributed by atoms with E-state index >= 15 is 0 Å². The molecule has 0 aliphatic heterocycles. The molecule has 0 saturated heterocycles. The molecule has 1 aliphatic rings. The van der Waals surface area contributed by atoms with E-state index in [1.54, 1.807) is 24.2 Å². The SMILES string of the molecule is CSc1ccccc1Nc1cc(-c2ccncc2)nc(NC2CCCC2)n1. The maximum absolute atomic E-state index is 4.76. The van der Waals surface area contributed by atoms with Crippen molar-refractivity contribution in [1.29, 1.82) is 0 Å². The van der Waals surface area contributed by atoms with Crippen molar-refractivity contribution in [2.75, 3.05) is 16.9 Å². The van der Waals surface area contributed by atoms with Crippen LogP contribution in [0.5, 0.6) is 0 Å². The van der Waals surface area contributed by atoms with Crippen LogP contribution in [0, 0.1) is 0 Å². The first kappa shape index (κ1) is 17.8. The number of rotatable bonds is 6. The van der Waals surface area contributed by atoms with E-state index in [0.717, 1.165) is 22.8 Å². The minimum Gasteiger partial charge on any atom is -0.351 e. The standard InChI is InChI=1S/C21H23N5S/c1-27-19-9-5-4-8-17(19)24-20-14-18(15-10-12-22-13-11-15)25-21(26-20)23-16-6-2-3-7-16/h4-5,8-14,16H,2-3,6-7H2,1H3,(H2,23,24,25,26). The van der Waals surface area contributed by atoms with E-state index in [2.05, 4.69) is 34.0 Å². The molecule has 2 N–H and O–H groups in total. The van der Waals surface area contributed by atoms with Crippen molar-refractivity contribution in [3.8, 4) is 11.3 Å². The Morgan fingerprint density at radius 3 is 2.56 bits per heavy atom. The van der Waals surface area contributed by atoms with Gasteiger partial charge in [0.15, 0.2) is 0 Å². The summed E-state index contributed by atoms with van der Waals surface area (Å²) in [4.78, 5) is 14.8. The summed E-state index contributed by atoms with van der Waals surface area (Å²) >= 11 is 1.72. The van der Waals surface area contributed by atoms with Gasteiger partial charge >= 0.3 is 0 Å². The number of nitrogens with zero attached hydrogens (tertiary/aromatic N) is 3. The van der Waals surface area contributed by atoms with E-state index in [1.807, 2.05) is 30.3 Å². The van der Waals surface area contributed by atoms with E-state index in [9.17, 15) is 0 Å². The van der Waals surface area contributed by atoms with Crippen molar-refractivity contribution in [2.24, 2.45) is 0 Å². The smallest absolute Gasteiger partial charge is 0.225 e. The molecular weight excluding hydrogens is 354 g/mol. The number of benzene rings is 1. The molecule has 6 heteroatoms. The van der Waals surface area contributed by atoms with Gasteiger partial charge in [0.25, 0.3) is 0 Å². The van der Waals surface area contributed by atoms with Crippen LogP contribution >= 0.6 is 11.8 Å². The van der Waals surface area contributed by atoms with Crippen LogP contribution in [0.3, 0.4) is 0 Å². The quantitative estimate of drug-likeness (QED) is 0.564. The second-order valence-corrected chi connectivity index (χ2v) is 7.50. The van der Waals surface area contributed by atoms with Crippen molar-refractivity contribution in [1.82, 2.24) is 15.0 Å². The molecule has 0 spiro atoms. The predicted octanol–water partition coefficient (Wildman–Crippen LogP) is 5.36. The van der Waals surface area contributed by atoms with Crippen LogP contribution in [0.25, 0.3) is 11.3 Å². The van der Waals surface area contributed by atoms with Crippen molar-refractivity contribution < 1.29 is 0 Å². The molecule has 27 heavy (non-hydrogen) atoms. The molecule has 0 bridgehead atoms. The molecule has 1 saturated carbocycles. The Kier molecular flexibility index (Phi) is 5.53. The highest BCUT2D eigenvalue weighted by molar-refractivity contribution is 7.98. The lowest BCUT2D eigenvalue weighted by Crippen LogP contribution is -2.17. The molecule has 1 aromatic carbocycles. The van der Waals surface area contributed by atoms with Gasteiger partial charge in [0.2, 0.25) is 5.95 Å². The lowest BCUT2D eigenvalue weighted by atomic mass is 10.2. The topological polar surface area (TPSA) is 62.7 Å². The third-order valence-electron chi connectivity index (χ3n) is 4.76. The van der Waals surface area contributed by atoms with Gasteiger partial charge in [-0.3, -0.25) is 4.98 Å². The van der Waals surface area contributed by atoms with Crippen molar-refractivity contribution in [3.63, 3.8) is 0 Å². The summed E-state index contributed by atoms with van der Waals surface area (Å²) in [7, 11) is 0. The zero-order valence-electron chi connectivity index (χ0n) is 15.4. The van der Waals surface area contributed by atoms with Crippen LogP contribution in [0.1, 0.15) is 25.7 Å². The van der Waals surface area contributed by atoms with E-state index in [1.165, 1.54) is 30.6 Å². The molecule has 5 nitrogen and oxygen atoms in total. The maximum Gasteiger partial charge on any atom is 0.225 e. The number of para-hydroxylation sites is 1. The average molecular weight is 378 g/mol. The third-order valence-corrected chi connectivity index (χ3v) is 5.56. The molecule has 0 radical (unpaired) electrons. The Hall–Kier alpha value is -2.60. The van der Waals surface area contributed by atoms with E-state index < -0.39 is 0 Å². The first-order valence-electron chi connectivity index (χ1n) is 9.28. The fourth-order valence-electron chi connectivity index (χ4n) is 3.38. The predicted molar refractivity (Wildman–Crippen MR) is 113 cm³/mol. The second-order valence-electron chi connectivity index (χ2n) is 6.65. The first-order valence-corrected chi connectivity index (χ1v) is 10.5. The van der Waals surface area contributed by atoms with Gasteiger partial charge in [-0.1, -0.05) is 25.0 Å². The van der Waals surface area contributed by atoms with Gasteiger partial charge in [-0.2, -0.15) is 4.98 Å².